The maximum atomic E-state index is 11.4. The van der Waals surface area contributed by atoms with E-state index in [-0.39, 0.29) is 18.6 Å². The Morgan fingerprint density at radius 3 is 3.20 bits per heavy atom. The van der Waals surface area contributed by atoms with E-state index in [0.29, 0.717) is 26.2 Å². The highest BCUT2D eigenvalue weighted by atomic mass is 16.5. The lowest BCUT2D eigenvalue weighted by Crippen LogP contribution is -2.47. The Hall–Kier alpha value is -0.910. The number of nitrogens with zero attached hydrogens (tertiary/aromatic N) is 1. The first-order chi connectivity index (χ1) is 7.26. The van der Waals surface area contributed by atoms with E-state index in [4.69, 9.17) is 9.84 Å². The number of carbonyl (C=O) groups excluding carboxylic acids is 1. The summed E-state index contributed by atoms with van der Waals surface area (Å²) in [6.07, 6.45) is 1.49. The zero-order valence-electron chi connectivity index (χ0n) is 8.82. The molecule has 1 saturated heterocycles. The molecule has 5 heteroatoms. The Kier molecular flexibility index (Phi) is 5.31. The molecule has 0 aliphatic carbocycles. The molecule has 0 aromatic carbocycles. The third-order valence-electron chi connectivity index (χ3n) is 2.24. The molecule has 0 radical (unpaired) electrons. The molecule has 1 amide bonds. The summed E-state index contributed by atoms with van der Waals surface area (Å²) in [5.41, 5.74) is 0. The predicted octanol–water partition coefficient (Wildman–Crippen LogP) is -1.02. The molecule has 1 atom stereocenters. The lowest BCUT2D eigenvalue weighted by molar-refractivity contribution is -0.124. The number of ether oxygens (including phenoxy) is 1. The molecule has 1 aliphatic rings. The average Bonchev–Trinajstić information content (AvgIpc) is 2.26. The Balaban J connectivity index is 2.24. The van der Waals surface area contributed by atoms with Crippen LogP contribution in [0.1, 0.15) is 0 Å². The van der Waals surface area contributed by atoms with E-state index in [1.807, 2.05) is 4.90 Å². The van der Waals surface area contributed by atoms with Crippen LogP contribution in [-0.2, 0) is 9.53 Å². The van der Waals surface area contributed by atoms with Crippen molar-refractivity contribution in [3.05, 3.63) is 12.7 Å². The number of morpholine rings is 1. The van der Waals surface area contributed by atoms with Crippen LogP contribution in [0.25, 0.3) is 0 Å². The van der Waals surface area contributed by atoms with Crippen LogP contribution in [0.5, 0.6) is 0 Å². The van der Waals surface area contributed by atoms with Crippen molar-refractivity contribution < 1.29 is 14.6 Å². The summed E-state index contributed by atoms with van der Waals surface area (Å²) in [7, 11) is 0. The average molecular weight is 214 g/mol. The maximum Gasteiger partial charge on any atom is 0.234 e. The van der Waals surface area contributed by atoms with Crippen LogP contribution in [0, 0.1) is 0 Å². The molecule has 1 heterocycles. The lowest BCUT2D eigenvalue weighted by Gasteiger charge is -2.31. The van der Waals surface area contributed by atoms with Crippen LogP contribution >= 0.6 is 0 Å². The van der Waals surface area contributed by atoms with E-state index >= 15 is 0 Å². The summed E-state index contributed by atoms with van der Waals surface area (Å²) in [6, 6.07) is 0. The number of rotatable bonds is 5. The van der Waals surface area contributed by atoms with Gasteiger partial charge in [-0.3, -0.25) is 9.69 Å². The van der Waals surface area contributed by atoms with E-state index in [0.717, 1.165) is 6.54 Å². The van der Waals surface area contributed by atoms with Gasteiger partial charge in [0.15, 0.2) is 0 Å². The van der Waals surface area contributed by atoms with Crippen molar-refractivity contribution in [3.8, 4) is 0 Å². The monoisotopic (exact) mass is 214 g/mol. The molecular weight excluding hydrogens is 196 g/mol. The highest BCUT2D eigenvalue weighted by molar-refractivity contribution is 5.78. The van der Waals surface area contributed by atoms with Crippen LogP contribution in [0.15, 0.2) is 12.7 Å². The van der Waals surface area contributed by atoms with Gasteiger partial charge >= 0.3 is 0 Å². The number of carbonyl (C=O) groups is 1. The van der Waals surface area contributed by atoms with Crippen molar-refractivity contribution in [2.24, 2.45) is 0 Å². The molecule has 5 nitrogen and oxygen atoms in total. The quantitative estimate of drug-likeness (QED) is 0.575. The number of aliphatic hydroxyl groups excluding tert-OH is 1. The van der Waals surface area contributed by atoms with Crippen molar-refractivity contribution in [3.63, 3.8) is 0 Å². The SMILES string of the molecule is C=CCNC(=O)CN1CCOC(CO)C1. The molecule has 1 rings (SSSR count). The molecule has 15 heavy (non-hydrogen) atoms. The van der Waals surface area contributed by atoms with Crippen LogP contribution < -0.4 is 5.32 Å². The molecular formula is C10H18N2O3. The minimum Gasteiger partial charge on any atom is -0.394 e. The van der Waals surface area contributed by atoms with Gasteiger partial charge < -0.3 is 15.2 Å². The van der Waals surface area contributed by atoms with Crippen molar-refractivity contribution in [2.75, 3.05) is 39.4 Å². The highest BCUT2D eigenvalue weighted by Crippen LogP contribution is 2.03. The number of nitrogens with one attached hydrogen (secondary N) is 1. The summed E-state index contributed by atoms with van der Waals surface area (Å²) in [6.45, 7) is 6.29. The summed E-state index contributed by atoms with van der Waals surface area (Å²) < 4.78 is 5.28. The highest BCUT2D eigenvalue weighted by Gasteiger charge is 2.20. The second-order valence-electron chi connectivity index (χ2n) is 3.50. The Bertz CT molecular complexity index is 221. The fourth-order valence-corrected chi connectivity index (χ4v) is 1.48. The minimum absolute atomic E-state index is 0.00474. The summed E-state index contributed by atoms with van der Waals surface area (Å²) in [5, 5.41) is 11.6. The van der Waals surface area contributed by atoms with Gasteiger partial charge in [0, 0.05) is 19.6 Å². The molecule has 0 spiro atoms. The van der Waals surface area contributed by atoms with E-state index < -0.39 is 0 Å². The normalized spacial score (nSPS) is 22.3. The van der Waals surface area contributed by atoms with Gasteiger partial charge in [0.1, 0.15) is 0 Å². The second kappa shape index (κ2) is 6.55. The van der Waals surface area contributed by atoms with Crippen molar-refractivity contribution in [1.29, 1.82) is 0 Å². The fourth-order valence-electron chi connectivity index (χ4n) is 1.48. The summed E-state index contributed by atoms with van der Waals surface area (Å²) in [5.74, 6) is -0.0199. The number of hydrogen-bond acceptors (Lipinski definition) is 4. The molecule has 1 unspecified atom stereocenters. The zero-order chi connectivity index (χ0) is 11.1. The van der Waals surface area contributed by atoms with Gasteiger partial charge in [0.25, 0.3) is 0 Å². The second-order valence-corrected chi connectivity index (χ2v) is 3.50. The van der Waals surface area contributed by atoms with Gasteiger partial charge in [-0.2, -0.15) is 0 Å². The predicted molar refractivity (Wildman–Crippen MR) is 56.5 cm³/mol. The van der Waals surface area contributed by atoms with E-state index in [9.17, 15) is 4.79 Å². The van der Waals surface area contributed by atoms with Crippen LogP contribution in [-0.4, -0.2) is 61.4 Å². The maximum absolute atomic E-state index is 11.4. The topological polar surface area (TPSA) is 61.8 Å². The molecule has 0 saturated carbocycles. The van der Waals surface area contributed by atoms with Gasteiger partial charge in [-0.05, 0) is 0 Å². The molecule has 0 aromatic heterocycles. The zero-order valence-corrected chi connectivity index (χ0v) is 8.82. The number of amides is 1. The van der Waals surface area contributed by atoms with E-state index in [1.54, 1.807) is 6.08 Å². The van der Waals surface area contributed by atoms with Crippen molar-refractivity contribution in [2.45, 2.75) is 6.10 Å². The van der Waals surface area contributed by atoms with Gasteiger partial charge in [-0.1, -0.05) is 6.08 Å². The first-order valence-electron chi connectivity index (χ1n) is 5.08. The fraction of sp³-hybridized carbons (Fsp3) is 0.700. The molecule has 1 aliphatic heterocycles. The largest absolute Gasteiger partial charge is 0.394 e. The van der Waals surface area contributed by atoms with Crippen molar-refractivity contribution >= 4 is 5.91 Å². The number of aliphatic hydroxyl groups is 1. The molecule has 86 valence electrons. The lowest BCUT2D eigenvalue weighted by atomic mass is 10.3. The molecule has 1 fully saturated rings. The van der Waals surface area contributed by atoms with E-state index in [1.165, 1.54) is 0 Å². The molecule has 0 aromatic rings. The van der Waals surface area contributed by atoms with Crippen LogP contribution in [0.4, 0.5) is 0 Å². The van der Waals surface area contributed by atoms with Crippen LogP contribution in [0.2, 0.25) is 0 Å². The molecule has 2 N–H and O–H groups in total. The smallest absolute Gasteiger partial charge is 0.234 e. The number of hydrogen-bond donors (Lipinski definition) is 2. The van der Waals surface area contributed by atoms with E-state index in [2.05, 4.69) is 11.9 Å². The Morgan fingerprint density at radius 2 is 2.53 bits per heavy atom. The van der Waals surface area contributed by atoms with Gasteiger partial charge in [-0.25, -0.2) is 0 Å². The molecule has 0 bridgehead atoms. The summed E-state index contributed by atoms with van der Waals surface area (Å²) >= 11 is 0. The van der Waals surface area contributed by atoms with Gasteiger partial charge in [0.2, 0.25) is 5.91 Å². The Morgan fingerprint density at radius 1 is 1.73 bits per heavy atom. The third-order valence-corrected chi connectivity index (χ3v) is 2.24. The van der Waals surface area contributed by atoms with Crippen molar-refractivity contribution in [1.82, 2.24) is 10.2 Å². The standard InChI is InChI=1S/C10H18N2O3/c1-2-3-11-10(14)7-12-4-5-15-9(6-12)8-13/h2,9,13H,1,3-8H2,(H,11,14). The van der Waals surface area contributed by atoms with Crippen LogP contribution in [0.3, 0.4) is 0 Å². The van der Waals surface area contributed by atoms with Gasteiger partial charge in [-0.15, -0.1) is 6.58 Å². The Labute approximate surface area is 89.7 Å². The first-order valence-corrected chi connectivity index (χ1v) is 5.08. The summed E-state index contributed by atoms with van der Waals surface area (Å²) in [4.78, 5) is 13.3. The first kappa shape index (κ1) is 12.2. The van der Waals surface area contributed by atoms with Gasteiger partial charge in [0.05, 0.1) is 25.9 Å². The minimum atomic E-state index is -0.161. The third kappa shape index (κ3) is 4.42.